The first-order valence-corrected chi connectivity index (χ1v) is 17.9. The molecule has 1 aromatic heterocycles. The van der Waals surface area contributed by atoms with Gasteiger partial charge in [0.15, 0.2) is 5.78 Å². The van der Waals surface area contributed by atoms with E-state index in [1.807, 2.05) is 45.0 Å². The van der Waals surface area contributed by atoms with E-state index in [-0.39, 0.29) is 37.2 Å². The second-order valence-corrected chi connectivity index (χ2v) is 15.6. The monoisotopic (exact) mass is 728 g/mol. The predicted octanol–water partition coefficient (Wildman–Crippen LogP) is 3.62. The molecule has 0 fully saturated rings. The molecule has 53 heavy (non-hydrogen) atoms. The summed E-state index contributed by atoms with van der Waals surface area (Å²) in [4.78, 5) is 74.4. The molecule has 2 aromatic carbocycles. The highest BCUT2D eigenvalue weighted by Crippen LogP contribution is 2.32. The number of aliphatic carboxylic acids is 1. The topological polar surface area (TPSA) is 203 Å². The van der Waals surface area contributed by atoms with Gasteiger partial charge in [-0.25, -0.2) is 4.98 Å². The molecule has 284 valence electrons. The Morgan fingerprint density at radius 1 is 0.792 bits per heavy atom. The molecule has 1 aliphatic carbocycles. The van der Waals surface area contributed by atoms with E-state index in [2.05, 4.69) is 37.3 Å². The number of carbonyl (C=O) groups excluding carboxylic acids is 4. The minimum absolute atomic E-state index is 0.0183. The number of aromatic amines is 1. The van der Waals surface area contributed by atoms with Crippen LogP contribution >= 0.6 is 0 Å². The lowest BCUT2D eigenvalue weighted by Crippen LogP contribution is -2.59. The molecule has 0 bridgehead atoms. The summed E-state index contributed by atoms with van der Waals surface area (Å²) in [5, 5.41) is 31.0. The van der Waals surface area contributed by atoms with E-state index in [0.29, 0.717) is 17.7 Å². The Kier molecular flexibility index (Phi) is 13.3. The molecule has 3 amide bonds. The average Bonchev–Trinajstić information content (AvgIpc) is 3.75. The lowest BCUT2D eigenvalue weighted by Gasteiger charge is -2.30. The van der Waals surface area contributed by atoms with Gasteiger partial charge < -0.3 is 36.5 Å². The molecule has 3 aromatic rings. The van der Waals surface area contributed by atoms with Crippen molar-refractivity contribution < 1.29 is 34.2 Å². The number of nitrogens with zero attached hydrogens (tertiary/aromatic N) is 1. The molecule has 0 spiro atoms. The summed E-state index contributed by atoms with van der Waals surface area (Å²) in [5.74, 6) is -3.27. The number of fused-ring (bicyclic) bond motifs is 1. The number of H-pyrrole nitrogens is 1. The minimum atomic E-state index is -1.31. The Labute approximate surface area is 310 Å². The number of rotatable bonds is 17. The van der Waals surface area contributed by atoms with Gasteiger partial charge in [-0.2, -0.15) is 0 Å². The molecule has 0 radical (unpaired) electrons. The number of carboxylic acids is 1. The number of carbonyl (C=O) groups is 5. The molecule has 0 aliphatic heterocycles. The van der Waals surface area contributed by atoms with E-state index in [4.69, 9.17) is 0 Å². The number of nitrogens with one attached hydrogen (secondary N) is 5. The summed E-state index contributed by atoms with van der Waals surface area (Å²) in [5.41, 5.74) is 3.08. The molecule has 4 atom stereocenters. The lowest BCUT2D eigenvalue weighted by atomic mass is 9.83. The van der Waals surface area contributed by atoms with Crippen molar-refractivity contribution in [2.24, 2.45) is 5.41 Å². The lowest BCUT2D eigenvalue weighted by molar-refractivity contribution is -0.138. The van der Waals surface area contributed by atoms with E-state index in [9.17, 15) is 34.2 Å². The minimum Gasteiger partial charge on any atom is -0.508 e. The van der Waals surface area contributed by atoms with Gasteiger partial charge in [0.25, 0.3) is 0 Å². The third kappa shape index (κ3) is 12.1. The number of imidazole rings is 1. The second-order valence-electron chi connectivity index (χ2n) is 15.6. The van der Waals surface area contributed by atoms with Gasteiger partial charge in [-0.15, -0.1) is 0 Å². The number of allylic oxidation sites excluding steroid dienone is 1. The molecule has 1 heterocycles. The fourth-order valence-electron chi connectivity index (χ4n) is 6.28. The van der Waals surface area contributed by atoms with Crippen LogP contribution in [0, 0.1) is 5.41 Å². The smallest absolute Gasteiger partial charge is 0.303 e. The number of benzene rings is 2. The maximum Gasteiger partial charge on any atom is 0.303 e. The molecule has 0 saturated carbocycles. The zero-order chi connectivity index (χ0) is 38.9. The van der Waals surface area contributed by atoms with Crippen molar-refractivity contribution in [1.82, 2.24) is 31.2 Å². The van der Waals surface area contributed by atoms with Crippen molar-refractivity contribution in [1.29, 1.82) is 0 Å². The molecular formula is C40H52N6O7. The third-order valence-corrected chi connectivity index (χ3v) is 8.92. The number of amides is 3. The van der Waals surface area contributed by atoms with Crippen LogP contribution < -0.4 is 21.3 Å². The van der Waals surface area contributed by atoms with Crippen LogP contribution in [0.15, 0.2) is 67.1 Å². The highest BCUT2D eigenvalue weighted by Gasteiger charge is 2.36. The number of hydrogen-bond donors (Lipinski definition) is 7. The van der Waals surface area contributed by atoms with Crippen LogP contribution in [-0.2, 0) is 43.2 Å². The largest absolute Gasteiger partial charge is 0.508 e. The molecule has 13 nitrogen and oxygen atoms in total. The van der Waals surface area contributed by atoms with E-state index in [1.165, 1.54) is 18.5 Å². The van der Waals surface area contributed by atoms with Crippen molar-refractivity contribution in [3.05, 3.63) is 89.5 Å². The van der Waals surface area contributed by atoms with Gasteiger partial charge in [0.1, 0.15) is 17.8 Å². The summed E-state index contributed by atoms with van der Waals surface area (Å²) in [6, 6.07) is 9.76. The van der Waals surface area contributed by atoms with Crippen LogP contribution in [0.1, 0.15) is 83.2 Å². The Balaban J connectivity index is 1.61. The molecule has 7 N–H and O–H groups in total. The van der Waals surface area contributed by atoms with Crippen molar-refractivity contribution in [2.45, 2.75) is 110 Å². The fraction of sp³-hybridized carbons (Fsp3) is 0.450. The van der Waals surface area contributed by atoms with E-state index in [1.54, 1.807) is 39.1 Å². The van der Waals surface area contributed by atoms with Gasteiger partial charge in [0.2, 0.25) is 17.7 Å². The number of hydrogen-bond acceptors (Lipinski definition) is 8. The Morgan fingerprint density at radius 2 is 1.42 bits per heavy atom. The summed E-state index contributed by atoms with van der Waals surface area (Å²) in [6.07, 6.45) is 5.62. The van der Waals surface area contributed by atoms with E-state index in [0.717, 1.165) is 16.7 Å². The molecule has 0 saturated heterocycles. The first-order chi connectivity index (χ1) is 24.9. The van der Waals surface area contributed by atoms with Gasteiger partial charge in [0.05, 0.1) is 18.4 Å². The number of phenolic OH excluding ortho intramolecular Hbond substituents is 1. The number of ketones is 1. The van der Waals surface area contributed by atoms with Crippen LogP contribution in [0.25, 0.3) is 5.57 Å². The third-order valence-electron chi connectivity index (χ3n) is 8.92. The number of carboxylic acid groups (broad SMARTS) is 1. The maximum atomic E-state index is 14.2. The van der Waals surface area contributed by atoms with Crippen molar-refractivity contribution >= 4 is 35.0 Å². The van der Waals surface area contributed by atoms with Gasteiger partial charge in [-0.3, -0.25) is 24.0 Å². The van der Waals surface area contributed by atoms with Crippen molar-refractivity contribution in [3.63, 3.8) is 0 Å². The predicted molar refractivity (Wildman–Crippen MR) is 201 cm³/mol. The summed E-state index contributed by atoms with van der Waals surface area (Å²) in [7, 11) is 0. The highest BCUT2D eigenvalue weighted by molar-refractivity contribution is 5.97. The first kappa shape index (κ1) is 40.5. The Hall–Kier alpha value is -5.30. The average molecular weight is 729 g/mol. The van der Waals surface area contributed by atoms with Gasteiger partial charge in [-0.05, 0) is 68.0 Å². The van der Waals surface area contributed by atoms with Crippen LogP contribution in [-0.4, -0.2) is 79.4 Å². The fourth-order valence-corrected chi connectivity index (χ4v) is 6.28. The summed E-state index contributed by atoms with van der Waals surface area (Å²) >= 11 is 0. The van der Waals surface area contributed by atoms with Gasteiger partial charge >= 0.3 is 5.97 Å². The van der Waals surface area contributed by atoms with E-state index < -0.39 is 65.2 Å². The molecule has 4 rings (SSSR count). The quantitative estimate of drug-likeness (QED) is 0.108. The Bertz CT molecular complexity index is 1790. The SMILES string of the molecule is CC(C)(C)N[C@@H](Cc1cnc[nH]1)C(=O)N[C@@H](CCC(=O)O)C(=O)N[C@@H](Cc1ccc(O)cc1)C(=O)N[C@@H](CC1=CCc2ccccc21)C(=O)C(C)(C)C. The zero-order valence-electron chi connectivity index (χ0n) is 31.3. The Morgan fingerprint density at radius 3 is 2.04 bits per heavy atom. The first-order valence-electron chi connectivity index (χ1n) is 17.9. The molecule has 0 unspecified atom stereocenters. The zero-order valence-corrected chi connectivity index (χ0v) is 31.3. The van der Waals surface area contributed by atoms with Crippen LogP contribution in [0.5, 0.6) is 5.75 Å². The van der Waals surface area contributed by atoms with Gasteiger partial charge in [-0.1, -0.05) is 63.2 Å². The van der Waals surface area contributed by atoms with Crippen LogP contribution in [0.4, 0.5) is 0 Å². The van der Waals surface area contributed by atoms with E-state index >= 15 is 0 Å². The standard InChI is InChI=1S/C40H52N6O7/c1-39(2,3)35(50)31(20-26-14-13-25-9-7-8-10-29(25)26)44-37(52)32(19-24-11-15-28(47)16-12-24)45-36(51)30(17-18-34(48)49)43-38(53)33(46-40(4,5)6)21-27-22-41-23-42-27/h7-12,14-16,22-23,30-33,46-47H,13,17-21H2,1-6H3,(H,41,42)(H,43,53)(H,44,52)(H,45,51)(H,48,49)/t30-,31-,32-,33-/m0/s1. The molecule has 1 aliphatic rings. The number of aromatic nitrogens is 2. The number of aromatic hydroxyl groups is 1. The van der Waals surface area contributed by atoms with Crippen molar-refractivity contribution in [3.8, 4) is 5.75 Å². The van der Waals surface area contributed by atoms with Gasteiger partial charge in [0, 0.05) is 48.5 Å². The van der Waals surface area contributed by atoms with Crippen LogP contribution in [0.2, 0.25) is 0 Å². The van der Waals surface area contributed by atoms with Crippen molar-refractivity contribution in [2.75, 3.05) is 0 Å². The highest BCUT2D eigenvalue weighted by atomic mass is 16.4. The van der Waals surface area contributed by atoms with Crippen LogP contribution in [0.3, 0.4) is 0 Å². The molecule has 13 heteroatoms. The second kappa shape index (κ2) is 17.5. The normalized spacial score (nSPS) is 14.9. The number of phenols is 1. The number of Topliss-reactive ketones (excluding diaryl/α,β-unsaturated/α-hetero) is 1. The molecular weight excluding hydrogens is 676 g/mol. The summed E-state index contributed by atoms with van der Waals surface area (Å²) < 4.78 is 0. The maximum absolute atomic E-state index is 14.2. The summed E-state index contributed by atoms with van der Waals surface area (Å²) in [6.45, 7) is 11.0.